The number of sulfonamides is 1. The van der Waals surface area contributed by atoms with Gasteiger partial charge in [0.2, 0.25) is 21.8 Å². The number of benzene rings is 2. The molecular weight excluding hydrogens is 569 g/mol. The second kappa shape index (κ2) is 14.4. The van der Waals surface area contributed by atoms with Crippen LogP contribution < -0.4 is 9.62 Å². The molecule has 0 unspecified atom stereocenters. The van der Waals surface area contributed by atoms with Gasteiger partial charge in [0, 0.05) is 46.2 Å². The Bertz CT molecular complexity index is 1220. The molecule has 0 heterocycles. The average molecular weight is 605 g/mol. The standard InChI is InChI=1S/C27H36Cl3N3O4S/c1-6-19(4)31-27(35)24(7-2)32(17-21-22(29)10-8-11-23(21)30)26(34)12-9-15-33(38(5,36)37)25-16-20(28)14-13-18(25)3/h8,10-11,13-14,16,19,24H,6-7,9,12,15,17H2,1-5H3,(H,31,35)/t19-,24+/m0/s1. The van der Waals surface area contributed by atoms with Crippen LogP contribution in [0.3, 0.4) is 0 Å². The Labute approximate surface area is 241 Å². The molecule has 2 amide bonds. The van der Waals surface area contributed by atoms with Gasteiger partial charge in [-0.1, -0.05) is 60.8 Å². The smallest absolute Gasteiger partial charge is 0.243 e. The molecule has 0 spiro atoms. The van der Waals surface area contributed by atoms with Gasteiger partial charge >= 0.3 is 0 Å². The molecule has 0 saturated carbocycles. The molecule has 0 aromatic heterocycles. The normalized spacial score (nSPS) is 13.1. The summed E-state index contributed by atoms with van der Waals surface area (Å²) in [6.45, 7) is 7.62. The minimum Gasteiger partial charge on any atom is -0.352 e. The van der Waals surface area contributed by atoms with Crippen LogP contribution in [0.1, 0.15) is 57.6 Å². The fourth-order valence-corrected chi connectivity index (χ4v) is 5.75. The molecular formula is C27H36Cl3N3O4S. The SMILES string of the molecule is CC[C@H](C(=O)N[C@@H](C)CC)N(Cc1c(Cl)cccc1Cl)C(=O)CCCN(c1cc(Cl)ccc1C)S(C)(=O)=O. The van der Waals surface area contributed by atoms with Crippen molar-refractivity contribution < 1.29 is 18.0 Å². The molecule has 0 radical (unpaired) electrons. The number of amides is 2. The van der Waals surface area contributed by atoms with Crippen LogP contribution in [0.2, 0.25) is 15.1 Å². The second-order valence-electron chi connectivity index (χ2n) is 9.33. The Hall–Kier alpha value is -2.00. The fourth-order valence-electron chi connectivity index (χ4n) is 4.05. The van der Waals surface area contributed by atoms with Crippen LogP contribution in [0.15, 0.2) is 36.4 Å². The number of nitrogens with zero attached hydrogens (tertiary/aromatic N) is 2. The number of anilines is 1. The third-order valence-corrected chi connectivity index (χ3v) is 8.49. The minimum atomic E-state index is -3.64. The molecule has 11 heteroatoms. The first kappa shape index (κ1) is 32.2. The molecule has 210 valence electrons. The van der Waals surface area contributed by atoms with Crippen LogP contribution in [0.25, 0.3) is 0 Å². The number of hydrogen-bond donors (Lipinski definition) is 1. The quantitative estimate of drug-likeness (QED) is 0.294. The van der Waals surface area contributed by atoms with E-state index in [0.717, 1.165) is 18.2 Å². The Morgan fingerprint density at radius 1 is 1.03 bits per heavy atom. The van der Waals surface area contributed by atoms with E-state index in [1.165, 1.54) is 9.21 Å². The summed E-state index contributed by atoms with van der Waals surface area (Å²) in [5.74, 6) is -0.561. The summed E-state index contributed by atoms with van der Waals surface area (Å²) in [6, 6.07) is 9.32. The number of rotatable bonds is 13. The summed E-state index contributed by atoms with van der Waals surface area (Å²) in [5.41, 5.74) is 1.76. The van der Waals surface area contributed by atoms with Gasteiger partial charge in [-0.2, -0.15) is 0 Å². The van der Waals surface area contributed by atoms with Crippen molar-refractivity contribution in [1.82, 2.24) is 10.2 Å². The zero-order valence-corrected chi connectivity index (χ0v) is 25.5. The summed E-state index contributed by atoms with van der Waals surface area (Å²) in [6.07, 6.45) is 2.49. The highest BCUT2D eigenvalue weighted by atomic mass is 35.5. The van der Waals surface area contributed by atoms with Crippen molar-refractivity contribution in [2.45, 2.75) is 72.0 Å². The van der Waals surface area contributed by atoms with Gasteiger partial charge in [0.25, 0.3) is 0 Å². The first-order valence-corrected chi connectivity index (χ1v) is 15.5. The largest absolute Gasteiger partial charge is 0.352 e. The van der Waals surface area contributed by atoms with Gasteiger partial charge in [-0.05, 0) is 62.9 Å². The first-order chi connectivity index (χ1) is 17.8. The molecule has 0 fully saturated rings. The highest BCUT2D eigenvalue weighted by molar-refractivity contribution is 7.92. The average Bonchev–Trinajstić information content (AvgIpc) is 2.84. The molecule has 2 aromatic carbocycles. The first-order valence-electron chi connectivity index (χ1n) is 12.6. The Balaban J connectivity index is 2.32. The van der Waals surface area contributed by atoms with E-state index in [9.17, 15) is 18.0 Å². The number of halogens is 3. The van der Waals surface area contributed by atoms with E-state index in [1.54, 1.807) is 43.3 Å². The third-order valence-electron chi connectivity index (χ3n) is 6.37. The van der Waals surface area contributed by atoms with E-state index in [4.69, 9.17) is 34.8 Å². The molecule has 2 atom stereocenters. The topological polar surface area (TPSA) is 86.8 Å². The van der Waals surface area contributed by atoms with Gasteiger partial charge in [0.1, 0.15) is 6.04 Å². The highest BCUT2D eigenvalue weighted by Gasteiger charge is 2.30. The van der Waals surface area contributed by atoms with Crippen LogP contribution >= 0.6 is 34.8 Å². The van der Waals surface area contributed by atoms with E-state index in [0.29, 0.717) is 32.7 Å². The fraction of sp³-hybridized carbons (Fsp3) is 0.481. The van der Waals surface area contributed by atoms with E-state index in [2.05, 4.69) is 5.32 Å². The van der Waals surface area contributed by atoms with Crippen molar-refractivity contribution in [2.75, 3.05) is 17.1 Å². The van der Waals surface area contributed by atoms with E-state index >= 15 is 0 Å². The molecule has 7 nitrogen and oxygen atoms in total. The number of carbonyl (C=O) groups is 2. The summed E-state index contributed by atoms with van der Waals surface area (Å²) < 4.78 is 26.5. The molecule has 0 saturated heterocycles. The Kier molecular flexibility index (Phi) is 12.2. The monoisotopic (exact) mass is 603 g/mol. The minimum absolute atomic E-state index is 0.0147. The van der Waals surface area contributed by atoms with Crippen LogP contribution in [-0.4, -0.2) is 50.0 Å². The van der Waals surface area contributed by atoms with Crippen LogP contribution in [0.5, 0.6) is 0 Å². The lowest BCUT2D eigenvalue weighted by Crippen LogP contribution is -2.50. The summed E-state index contributed by atoms with van der Waals surface area (Å²) in [5, 5.41) is 4.16. The van der Waals surface area contributed by atoms with Crippen molar-refractivity contribution in [1.29, 1.82) is 0 Å². The Morgan fingerprint density at radius 3 is 2.21 bits per heavy atom. The van der Waals surface area contributed by atoms with Crippen LogP contribution in [0.4, 0.5) is 5.69 Å². The molecule has 2 rings (SSSR count). The lowest BCUT2D eigenvalue weighted by atomic mass is 10.1. The molecule has 0 bridgehead atoms. The summed E-state index contributed by atoms with van der Waals surface area (Å²) >= 11 is 18.9. The number of nitrogens with one attached hydrogen (secondary N) is 1. The molecule has 2 aromatic rings. The molecule has 0 aliphatic carbocycles. The van der Waals surface area contributed by atoms with Crippen molar-refractivity contribution in [3.63, 3.8) is 0 Å². The zero-order valence-electron chi connectivity index (χ0n) is 22.4. The Morgan fingerprint density at radius 2 is 1.66 bits per heavy atom. The number of aryl methyl sites for hydroxylation is 1. The predicted octanol–water partition coefficient (Wildman–Crippen LogP) is 6.22. The van der Waals surface area contributed by atoms with Crippen molar-refractivity contribution in [3.05, 3.63) is 62.6 Å². The third kappa shape index (κ3) is 8.76. The molecule has 0 aliphatic heterocycles. The van der Waals surface area contributed by atoms with E-state index in [-0.39, 0.29) is 43.8 Å². The van der Waals surface area contributed by atoms with Crippen molar-refractivity contribution in [2.24, 2.45) is 0 Å². The highest BCUT2D eigenvalue weighted by Crippen LogP contribution is 2.29. The maximum Gasteiger partial charge on any atom is 0.243 e. The molecule has 1 N–H and O–H groups in total. The van der Waals surface area contributed by atoms with E-state index in [1.807, 2.05) is 20.8 Å². The van der Waals surface area contributed by atoms with Crippen LogP contribution in [0, 0.1) is 6.92 Å². The summed E-state index contributed by atoms with van der Waals surface area (Å²) in [4.78, 5) is 28.2. The number of carbonyl (C=O) groups excluding carboxylic acids is 2. The molecule has 38 heavy (non-hydrogen) atoms. The maximum atomic E-state index is 13.6. The van der Waals surface area contributed by atoms with Crippen LogP contribution in [-0.2, 0) is 26.2 Å². The lowest BCUT2D eigenvalue weighted by molar-refractivity contribution is -0.141. The van der Waals surface area contributed by atoms with Gasteiger partial charge in [-0.3, -0.25) is 13.9 Å². The maximum absolute atomic E-state index is 13.6. The second-order valence-corrected chi connectivity index (χ2v) is 12.5. The van der Waals surface area contributed by atoms with Gasteiger partial charge in [-0.15, -0.1) is 0 Å². The predicted molar refractivity (Wildman–Crippen MR) is 157 cm³/mol. The van der Waals surface area contributed by atoms with Gasteiger partial charge in [-0.25, -0.2) is 8.42 Å². The zero-order chi connectivity index (χ0) is 28.6. The van der Waals surface area contributed by atoms with Gasteiger partial charge in [0.15, 0.2) is 0 Å². The number of hydrogen-bond acceptors (Lipinski definition) is 4. The lowest BCUT2D eigenvalue weighted by Gasteiger charge is -2.32. The van der Waals surface area contributed by atoms with Crippen molar-refractivity contribution >= 4 is 62.3 Å². The van der Waals surface area contributed by atoms with E-state index < -0.39 is 16.1 Å². The van der Waals surface area contributed by atoms with Gasteiger partial charge < -0.3 is 10.2 Å². The van der Waals surface area contributed by atoms with Gasteiger partial charge in [0.05, 0.1) is 11.9 Å². The van der Waals surface area contributed by atoms with Crippen molar-refractivity contribution in [3.8, 4) is 0 Å². The summed E-state index contributed by atoms with van der Waals surface area (Å²) in [7, 11) is -3.64. The molecule has 0 aliphatic rings.